The summed E-state index contributed by atoms with van der Waals surface area (Å²) in [7, 11) is 0. The summed E-state index contributed by atoms with van der Waals surface area (Å²) < 4.78 is 0. The van der Waals surface area contributed by atoms with Crippen molar-refractivity contribution in [1.82, 2.24) is 9.97 Å². The van der Waals surface area contributed by atoms with Gasteiger partial charge in [-0.1, -0.05) is 12.1 Å². The average Bonchev–Trinajstić information content (AvgIpc) is 3.28. The van der Waals surface area contributed by atoms with E-state index in [1.54, 1.807) is 0 Å². The summed E-state index contributed by atoms with van der Waals surface area (Å²) in [5.74, 6) is 1.90. The summed E-state index contributed by atoms with van der Waals surface area (Å²) in [5, 5.41) is 3.49. The van der Waals surface area contributed by atoms with Crippen LogP contribution in [0.4, 0.5) is 5.82 Å². The quantitative estimate of drug-likeness (QED) is 0.890. The van der Waals surface area contributed by atoms with Crippen LogP contribution in [0.15, 0.2) is 30.5 Å². The zero-order valence-corrected chi connectivity index (χ0v) is 10.4. The molecule has 0 spiro atoms. The lowest BCUT2D eigenvalue weighted by atomic mass is 10.0. The van der Waals surface area contributed by atoms with Gasteiger partial charge in [-0.25, -0.2) is 4.98 Å². The van der Waals surface area contributed by atoms with Crippen LogP contribution < -0.4 is 5.32 Å². The molecule has 2 aliphatic carbocycles. The predicted molar refractivity (Wildman–Crippen MR) is 72.4 cm³/mol. The lowest BCUT2D eigenvalue weighted by Gasteiger charge is -2.15. The molecule has 18 heavy (non-hydrogen) atoms. The van der Waals surface area contributed by atoms with E-state index < -0.39 is 0 Å². The molecule has 0 aliphatic heterocycles. The highest BCUT2D eigenvalue weighted by Crippen LogP contribution is 2.61. The van der Waals surface area contributed by atoms with Crippen molar-refractivity contribution >= 4 is 16.9 Å². The molecule has 0 saturated heterocycles. The Hall–Kier alpha value is -1.64. The average molecular weight is 239 g/mol. The van der Waals surface area contributed by atoms with E-state index in [2.05, 4.69) is 15.3 Å². The van der Waals surface area contributed by atoms with Gasteiger partial charge in [0.15, 0.2) is 0 Å². The van der Waals surface area contributed by atoms with Crippen molar-refractivity contribution in [2.24, 2.45) is 11.3 Å². The molecule has 4 rings (SSSR count). The van der Waals surface area contributed by atoms with Crippen LogP contribution in [0.1, 0.15) is 25.7 Å². The summed E-state index contributed by atoms with van der Waals surface area (Å²) in [4.78, 5) is 9.05. The van der Waals surface area contributed by atoms with E-state index in [1.165, 1.54) is 25.7 Å². The van der Waals surface area contributed by atoms with Crippen LogP contribution in [0.2, 0.25) is 0 Å². The summed E-state index contributed by atoms with van der Waals surface area (Å²) in [6.45, 7) is 1.07. The Labute approximate surface area is 107 Å². The Morgan fingerprint density at radius 1 is 1.17 bits per heavy atom. The number of fused-ring (bicyclic) bond motifs is 1. The highest BCUT2D eigenvalue weighted by Gasteiger charge is 2.53. The van der Waals surface area contributed by atoms with E-state index in [9.17, 15) is 0 Å². The third-order valence-corrected chi connectivity index (χ3v) is 4.41. The molecule has 0 bridgehead atoms. The van der Waals surface area contributed by atoms with E-state index in [0.29, 0.717) is 5.41 Å². The Kier molecular flexibility index (Phi) is 2.10. The van der Waals surface area contributed by atoms with E-state index in [1.807, 2.05) is 30.5 Å². The highest BCUT2D eigenvalue weighted by atomic mass is 15.0. The molecule has 0 atom stereocenters. The molecular formula is C15H17N3. The molecule has 3 heteroatoms. The van der Waals surface area contributed by atoms with Gasteiger partial charge in [0.1, 0.15) is 5.82 Å². The number of hydrogen-bond donors (Lipinski definition) is 1. The maximum absolute atomic E-state index is 4.61. The molecule has 1 aromatic heterocycles. The molecule has 2 saturated carbocycles. The van der Waals surface area contributed by atoms with Crippen LogP contribution >= 0.6 is 0 Å². The Bertz CT molecular complexity index is 585. The monoisotopic (exact) mass is 239 g/mol. The van der Waals surface area contributed by atoms with Gasteiger partial charge in [0, 0.05) is 6.54 Å². The van der Waals surface area contributed by atoms with Crippen molar-refractivity contribution in [2.75, 3.05) is 11.9 Å². The molecule has 1 heterocycles. The van der Waals surface area contributed by atoms with E-state index >= 15 is 0 Å². The first-order valence-corrected chi connectivity index (χ1v) is 6.81. The molecular weight excluding hydrogens is 222 g/mol. The largest absolute Gasteiger partial charge is 0.368 e. The number of nitrogens with one attached hydrogen (secondary N) is 1. The standard InChI is InChI=1S/C15H17N3/c1-2-4-13-12(3-1)16-9-14(18-13)17-10-15(7-8-15)11-5-6-11/h1-4,9,11H,5-8,10H2,(H,17,18). The van der Waals surface area contributed by atoms with Crippen LogP contribution in [0, 0.1) is 11.3 Å². The van der Waals surface area contributed by atoms with Gasteiger partial charge >= 0.3 is 0 Å². The van der Waals surface area contributed by atoms with Crippen molar-refractivity contribution in [2.45, 2.75) is 25.7 Å². The predicted octanol–water partition coefficient (Wildman–Crippen LogP) is 3.23. The molecule has 1 N–H and O–H groups in total. The number of anilines is 1. The maximum Gasteiger partial charge on any atom is 0.145 e. The SMILES string of the molecule is c1ccc2nc(NCC3(C4CC4)CC3)cnc2c1. The molecule has 2 aliphatic rings. The number of rotatable bonds is 4. The minimum absolute atomic E-state index is 0.604. The summed E-state index contributed by atoms with van der Waals surface area (Å²) in [5.41, 5.74) is 2.54. The second kappa shape index (κ2) is 3.67. The minimum Gasteiger partial charge on any atom is -0.368 e. The first-order chi connectivity index (χ1) is 8.86. The van der Waals surface area contributed by atoms with Gasteiger partial charge < -0.3 is 5.32 Å². The van der Waals surface area contributed by atoms with Crippen molar-refractivity contribution < 1.29 is 0 Å². The van der Waals surface area contributed by atoms with E-state index in [-0.39, 0.29) is 0 Å². The maximum atomic E-state index is 4.61. The molecule has 0 amide bonds. The number of aromatic nitrogens is 2. The first-order valence-electron chi connectivity index (χ1n) is 6.81. The normalized spacial score (nSPS) is 20.9. The summed E-state index contributed by atoms with van der Waals surface area (Å²) in [6.07, 6.45) is 7.51. The fraction of sp³-hybridized carbons (Fsp3) is 0.467. The number of para-hydroxylation sites is 2. The molecule has 1 aromatic carbocycles. The van der Waals surface area contributed by atoms with Crippen molar-refractivity contribution in [3.63, 3.8) is 0 Å². The molecule has 0 unspecified atom stereocenters. The fourth-order valence-corrected chi connectivity index (χ4v) is 2.89. The number of hydrogen-bond acceptors (Lipinski definition) is 3. The third kappa shape index (κ3) is 1.74. The second-order valence-corrected chi connectivity index (χ2v) is 5.73. The lowest BCUT2D eigenvalue weighted by Crippen LogP contribution is -2.18. The Morgan fingerprint density at radius 2 is 1.94 bits per heavy atom. The smallest absolute Gasteiger partial charge is 0.145 e. The van der Waals surface area contributed by atoms with Crippen LogP contribution in [0.25, 0.3) is 11.0 Å². The topological polar surface area (TPSA) is 37.8 Å². The minimum atomic E-state index is 0.604. The van der Waals surface area contributed by atoms with Gasteiger partial charge in [0.25, 0.3) is 0 Å². The molecule has 0 radical (unpaired) electrons. The Balaban J connectivity index is 1.52. The summed E-state index contributed by atoms with van der Waals surface area (Å²) in [6, 6.07) is 8.02. The fourth-order valence-electron chi connectivity index (χ4n) is 2.89. The Morgan fingerprint density at radius 3 is 2.67 bits per heavy atom. The van der Waals surface area contributed by atoms with Gasteiger partial charge in [-0.3, -0.25) is 4.98 Å². The van der Waals surface area contributed by atoms with Gasteiger partial charge in [-0.05, 0) is 49.1 Å². The third-order valence-electron chi connectivity index (χ3n) is 4.41. The molecule has 92 valence electrons. The van der Waals surface area contributed by atoms with Gasteiger partial charge in [-0.2, -0.15) is 0 Å². The van der Waals surface area contributed by atoms with Crippen molar-refractivity contribution in [1.29, 1.82) is 0 Å². The van der Waals surface area contributed by atoms with E-state index in [0.717, 1.165) is 29.3 Å². The van der Waals surface area contributed by atoms with Crippen LogP contribution in [-0.4, -0.2) is 16.5 Å². The van der Waals surface area contributed by atoms with Gasteiger partial charge in [0.05, 0.1) is 17.2 Å². The van der Waals surface area contributed by atoms with E-state index in [4.69, 9.17) is 0 Å². The van der Waals surface area contributed by atoms with Crippen LogP contribution in [0.3, 0.4) is 0 Å². The van der Waals surface area contributed by atoms with Gasteiger partial charge in [0.2, 0.25) is 0 Å². The van der Waals surface area contributed by atoms with Gasteiger partial charge in [-0.15, -0.1) is 0 Å². The lowest BCUT2D eigenvalue weighted by molar-refractivity contribution is 0.466. The zero-order valence-electron chi connectivity index (χ0n) is 10.4. The number of benzene rings is 1. The first kappa shape index (κ1) is 10.3. The molecule has 3 nitrogen and oxygen atoms in total. The zero-order chi connectivity index (χ0) is 12.0. The van der Waals surface area contributed by atoms with Crippen LogP contribution in [0.5, 0.6) is 0 Å². The molecule has 2 fully saturated rings. The summed E-state index contributed by atoms with van der Waals surface area (Å²) >= 11 is 0. The van der Waals surface area contributed by atoms with Crippen LogP contribution in [-0.2, 0) is 0 Å². The van der Waals surface area contributed by atoms with Crippen molar-refractivity contribution in [3.05, 3.63) is 30.5 Å². The van der Waals surface area contributed by atoms with Crippen molar-refractivity contribution in [3.8, 4) is 0 Å². The molecule has 2 aromatic rings. The second-order valence-electron chi connectivity index (χ2n) is 5.73. The number of nitrogens with zero attached hydrogens (tertiary/aromatic N) is 2. The highest BCUT2D eigenvalue weighted by molar-refractivity contribution is 5.75.